The van der Waals surface area contributed by atoms with Gasteiger partial charge >= 0.3 is 6.18 Å². The maximum atomic E-state index is 14.1. The van der Waals surface area contributed by atoms with Crippen molar-refractivity contribution in [2.45, 2.75) is 44.6 Å². The van der Waals surface area contributed by atoms with E-state index in [2.05, 4.69) is 20.5 Å². The predicted molar refractivity (Wildman–Crippen MR) is 129 cm³/mol. The van der Waals surface area contributed by atoms with Crippen LogP contribution in [-0.2, 0) is 0 Å². The standard InChI is InChI=1S/C25H26F3N7O/c1-14(2)30-24(36)18-5-3-4-15-6-8-19(31-21(15)18)23-33-32-20-9-7-16(12-35(20)23)22(25(26,27)28)34-11-10-17(29)13-34/h3-9,12,14,17,22H,10-11,13,29H2,1-2H3,(H,30,36). The van der Waals surface area contributed by atoms with Crippen LogP contribution in [0.1, 0.15) is 42.2 Å². The van der Waals surface area contributed by atoms with Gasteiger partial charge in [0.05, 0.1) is 11.1 Å². The minimum absolute atomic E-state index is 0.0541. The van der Waals surface area contributed by atoms with Gasteiger partial charge in [0.2, 0.25) is 0 Å². The molecule has 2 atom stereocenters. The highest BCUT2D eigenvalue weighted by molar-refractivity contribution is 6.05. The summed E-state index contributed by atoms with van der Waals surface area (Å²) in [6.45, 7) is 4.17. The number of benzene rings is 1. The van der Waals surface area contributed by atoms with Crippen molar-refractivity contribution in [3.8, 4) is 11.5 Å². The molecular formula is C25H26F3N7O. The topological polar surface area (TPSA) is 101 Å². The zero-order chi connectivity index (χ0) is 25.6. The number of nitrogens with zero attached hydrogens (tertiary/aromatic N) is 5. The van der Waals surface area contributed by atoms with Crippen LogP contribution in [0.2, 0.25) is 0 Å². The summed E-state index contributed by atoms with van der Waals surface area (Å²) in [5.41, 5.74) is 7.62. The number of para-hydroxylation sites is 1. The van der Waals surface area contributed by atoms with Crippen molar-refractivity contribution in [3.63, 3.8) is 0 Å². The van der Waals surface area contributed by atoms with E-state index in [1.807, 2.05) is 19.9 Å². The summed E-state index contributed by atoms with van der Waals surface area (Å²) in [6.07, 6.45) is -2.55. The van der Waals surface area contributed by atoms with Gasteiger partial charge in [0.1, 0.15) is 11.7 Å². The number of carbonyl (C=O) groups excluding carboxylic acids is 1. The lowest BCUT2D eigenvalue weighted by Gasteiger charge is -2.30. The molecule has 11 heteroatoms. The summed E-state index contributed by atoms with van der Waals surface area (Å²) in [4.78, 5) is 18.8. The molecule has 0 spiro atoms. The van der Waals surface area contributed by atoms with Crippen LogP contribution >= 0.6 is 0 Å². The number of hydrogen-bond acceptors (Lipinski definition) is 6. The number of pyridine rings is 2. The Bertz CT molecular complexity index is 1430. The van der Waals surface area contributed by atoms with E-state index in [1.165, 1.54) is 27.6 Å². The fourth-order valence-corrected chi connectivity index (χ4v) is 4.70. The smallest absolute Gasteiger partial charge is 0.350 e. The number of fused-ring (bicyclic) bond motifs is 2. The predicted octanol–water partition coefficient (Wildman–Crippen LogP) is 3.72. The molecule has 0 saturated carbocycles. The Morgan fingerprint density at radius 1 is 1.14 bits per heavy atom. The Labute approximate surface area is 205 Å². The molecule has 3 N–H and O–H groups in total. The van der Waals surface area contributed by atoms with Crippen molar-refractivity contribution in [2.75, 3.05) is 13.1 Å². The monoisotopic (exact) mass is 497 g/mol. The summed E-state index contributed by atoms with van der Waals surface area (Å²) in [6, 6.07) is 9.64. The summed E-state index contributed by atoms with van der Waals surface area (Å²) >= 11 is 0. The second-order valence-corrected chi connectivity index (χ2v) is 9.40. The van der Waals surface area contributed by atoms with Crippen LogP contribution in [0.5, 0.6) is 0 Å². The van der Waals surface area contributed by atoms with E-state index < -0.39 is 12.2 Å². The van der Waals surface area contributed by atoms with E-state index in [9.17, 15) is 18.0 Å². The summed E-state index contributed by atoms with van der Waals surface area (Å²) in [5, 5.41) is 11.9. The molecule has 4 heterocycles. The van der Waals surface area contributed by atoms with Crippen molar-refractivity contribution in [1.82, 2.24) is 29.8 Å². The lowest BCUT2D eigenvalue weighted by molar-refractivity contribution is -0.183. The molecule has 1 aromatic carbocycles. The van der Waals surface area contributed by atoms with Gasteiger partial charge < -0.3 is 11.1 Å². The number of halogens is 3. The van der Waals surface area contributed by atoms with Crippen LogP contribution in [0, 0.1) is 0 Å². The van der Waals surface area contributed by atoms with Gasteiger partial charge in [-0.05, 0) is 44.0 Å². The van der Waals surface area contributed by atoms with Gasteiger partial charge in [0, 0.05) is 36.8 Å². The number of nitrogens with one attached hydrogen (secondary N) is 1. The van der Waals surface area contributed by atoms with Gasteiger partial charge in [0.15, 0.2) is 11.5 Å². The third-order valence-electron chi connectivity index (χ3n) is 6.29. The van der Waals surface area contributed by atoms with E-state index in [4.69, 9.17) is 5.73 Å². The van der Waals surface area contributed by atoms with E-state index in [0.29, 0.717) is 28.8 Å². The first-order chi connectivity index (χ1) is 17.1. The molecule has 1 aliphatic rings. The number of amides is 1. The van der Waals surface area contributed by atoms with E-state index in [0.717, 1.165) is 5.39 Å². The average molecular weight is 498 g/mol. The average Bonchev–Trinajstić information content (AvgIpc) is 3.43. The Morgan fingerprint density at radius 2 is 1.94 bits per heavy atom. The Kier molecular flexibility index (Phi) is 6.13. The highest BCUT2D eigenvalue weighted by atomic mass is 19.4. The van der Waals surface area contributed by atoms with E-state index in [-0.39, 0.29) is 42.5 Å². The zero-order valence-electron chi connectivity index (χ0n) is 19.8. The van der Waals surface area contributed by atoms with Gasteiger partial charge in [-0.2, -0.15) is 13.2 Å². The molecule has 1 amide bonds. The lowest BCUT2D eigenvalue weighted by atomic mass is 10.1. The molecule has 0 bridgehead atoms. The van der Waals surface area contributed by atoms with Crippen molar-refractivity contribution < 1.29 is 18.0 Å². The van der Waals surface area contributed by atoms with Crippen LogP contribution in [0.3, 0.4) is 0 Å². The molecule has 0 radical (unpaired) electrons. The first-order valence-corrected chi connectivity index (χ1v) is 11.7. The van der Waals surface area contributed by atoms with Crippen LogP contribution in [-0.4, -0.2) is 61.7 Å². The van der Waals surface area contributed by atoms with Crippen molar-refractivity contribution in [3.05, 3.63) is 59.8 Å². The van der Waals surface area contributed by atoms with Crippen molar-refractivity contribution in [1.29, 1.82) is 0 Å². The molecule has 1 fully saturated rings. The fraction of sp³-hybridized carbons (Fsp3) is 0.360. The molecule has 36 heavy (non-hydrogen) atoms. The maximum absolute atomic E-state index is 14.1. The molecule has 188 valence electrons. The Hall–Kier alpha value is -3.57. The van der Waals surface area contributed by atoms with Crippen molar-refractivity contribution >= 4 is 22.5 Å². The second kappa shape index (κ2) is 9.14. The number of hydrogen-bond donors (Lipinski definition) is 2. The van der Waals surface area contributed by atoms with Gasteiger partial charge in [-0.1, -0.05) is 24.3 Å². The lowest BCUT2D eigenvalue weighted by Crippen LogP contribution is -2.38. The molecule has 1 saturated heterocycles. The molecule has 8 nitrogen and oxygen atoms in total. The number of aromatic nitrogens is 4. The van der Waals surface area contributed by atoms with Crippen LogP contribution in [0.25, 0.3) is 28.1 Å². The summed E-state index contributed by atoms with van der Waals surface area (Å²) in [5.74, 6) is 0.0253. The number of alkyl halides is 3. The molecular weight excluding hydrogens is 471 g/mol. The Morgan fingerprint density at radius 3 is 2.64 bits per heavy atom. The molecule has 1 aliphatic heterocycles. The molecule has 3 aromatic heterocycles. The van der Waals surface area contributed by atoms with Gasteiger partial charge in [0.25, 0.3) is 5.91 Å². The first-order valence-electron chi connectivity index (χ1n) is 11.7. The van der Waals surface area contributed by atoms with Gasteiger partial charge in [-0.3, -0.25) is 14.1 Å². The third-order valence-corrected chi connectivity index (χ3v) is 6.29. The highest BCUT2D eigenvalue weighted by Crippen LogP contribution is 2.39. The zero-order valence-corrected chi connectivity index (χ0v) is 19.8. The highest BCUT2D eigenvalue weighted by Gasteiger charge is 2.46. The largest absolute Gasteiger partial charge is 0.408 e. The number of carbonyl (C=O) groups is 1. The fourth-order valence-electron chi connectivity index (χ4n) is 4.70. The van der Waals surface area contributed by atoms with Gasteiger partial charge in [-0.15, -0.1) is 10.2 Å². The molecule has 5 rings (SSSR count). The summed E-state index contributed by atoms with van der Waals surface area (Å²) < 4.78 is 43.9. The normalized spacial score (nSPS) is 17.8. The molecule has 4 aromatic rings. The SMILES string of the molecule is CC(C)NC(=O)c1cccc2ccc(-c3nnc4ccc(C(N5CCC(N)C5)C(F)(F)F)cn34)nc12. The first kappa shape index (κ1) is 24.1. The van der Waals surface area contributed by atoms with E-state index >= 15 is 0 Å². The minimum Gasteiger partial charge on any atom is -0.350 e. The number of likely N-dealkylation sites (tertiary alicyclic amines) is 1. The number of nitrogens with two attached hydrogens (primary N) is 1. The number of rotatable bonds is 5. The molecule has 0 aliphatic carbocycles. The van der Waals surface area contributed by atoms with Crippen LogP contribution in [0.4, 0.5) is 13.2 Å². The minimum atomic E-state index is -4.48. The van der Waals surface area contributed by atoms with Gasteiger partial charge in [-0.25, -0.2) is 4.98 Å². The second-order valence-electron chi connectivity index (χ2n) is 9.40. The molecule has 2 unspecified atom stereocenters. The quantitative estimate of drug-likeness (QED) is 0.436. The third kappa shape index (κ3) is 4.51. The summed E-state index contributed by atoms with van der Waals surface area (Å²) in [7, 11) is 0. The van der Waals surface area contributed by atoms with Crippen LogP contribution in [0.15, 0.2) is 48.7 Å². The van der Waals surface area contributed by atoms with Crippen molar-refractivity contribution in [2.24, 2.45) is 5.73 Å². The van der Waals surface area contributed by atoms with E-state index in [1.54, 1.807) is 24.3 Å². The Balaban J connectivity index is 1.60. The maximum Gasteiger partial charge on any atom is 0.408 e. The van der Waals surface area contributed by atoms with Crippen LogP contribution < -0.4 is 11.1 Å².